The smallest absolute Gasteiger partial charge is 0.0317 e. The van der Waals surface area contributed by atoms with Gasteiger partial charge in [-0.3, -0.25) is 4.90 Å². The zero-order valence-electron chi connectivity index (χ0n) is 9.76. The van der Waals surface area contributed by atoms with Crippen molar-refractivity contribution in [2.75, 3.05) is 5.73 Å². The summed E-state index contributed by atoms with van der Waals surface area (Å²) in [6.07, 6.45) is 0. The largest absolute Gasteiger partial charge is 0.399 e. The second-order valence-corrected chi connectivity index (χ2v) is 4.66. The van der Waals surface area contributed by atoms with Gasteiger partial charge in [0.1, 0.15) is 0 Å². The molecule has 0 spiro atoms. The van der Waals surface area contributed by atoms with Gasteiger partial charge in [-0.05, 0) is 28.8 Å². The maximum atomic E-state index is 5.81. The summed E-state index contributed by atoms with van der Waals surface area (Å²) in [6, 6.07) is 16.8. The lowest BCUT2D eigenvalue weighted by Gasteiger charge is -2.14. The monoisotopic (exact) mass is 224 g/mol. The van der Waals surface area contributed by atoms with E-state index >= 15 is 0 Å². The molecule has 0 bridgehead atoms. The molecule has 2 nitrogen and oxygen atoms in total. The van der Waals surface area contributed by atoms with E-state index in [0.717, 1.165) is 25.3 Å². The minimum absolute atomic E-state index is 0.866. The SMILES string of the molecule is Nc1ccc2c(c1)CN(Cc1ccccc1)C2. The average molecular weight is 224 g/mol. The van der Waals surface area contributed by atoms with Crippen LogP contribution in [0.5, 0.6) is 0 Å². The van der Waals surface area contributed by atoms with Crippen molar-refractivity contribution in [2.24, 2.45) is 0 Å². The van der Waals surface area contributed by atoms with Crippen molar-refractivity contribution in [3.63, 3.8) is 0 Å². The fourth-order valence-corrected chi connectivity index (χ4v) is 2.44. The molecule has 0 saturated heterocycles. The topological polar surface area (TPSA) is 29.3 Å². The summed E-state index contributed by atoms with van der Waals surface area (Å²) < 4.78 is 0. The third kappa shape index (κ3) is 2.17. The molecular weight excluding hydrogens is 208 g/mol. The maximum Gasteiger partial charge on any atom is 0.0317 e. The van der Waals surface area contributed by atoms with Crippen molar-refractivity contribution in [1.29, 1.82) is 0 Å². The van der Waals surface area contributed by atoms with E-state index in [1.165, 1.54) is 16.7 Å². The molecule has 0 saturated carbocycles. The summed E-state index contributed by atoms with van der Waals surface area (Å²) in [4.78, 5) is 2.44. The van der Waals surface area contributed by atoms with Crippen molar-refractivity contribution in [1.82, 2.24) is 4.90 Å². The van der Waals surface area contributed by atoms with Gasteiger partial charge in [-0.1, -0.05) is 36.4 Å². The Morgan fingerprint density at radius 3 is 2.53 bits per heavy atom. The highest BCUT2D eigenvalue weighted by Crippen LogP contribution is 2.25. The molecule has 1 heterocycles. The second kappa shape index (κ2) is 4.22. The standard InChI is InChI=1S/C15H16N2/c16-15-7-6-13-10-17(11-14(13)8-15)9-12-4-2-1-3-5-12/h1-8H,9-11,16H2. The van der Waals surface area contributed by atoms with Crippen molar-refractivity contribution in [2.45, 2.75) is 19.6 Å². The van der Waals surface area contributed by atoms with Gasteiger partial charge in [0.25, 0.3) is 0 Å². The van der Waals surface area contributed by atoms with Crippen molar-refractivity contribution in [3.8, 4) is 0 Å². The molecule has 0 unspecified atom stereocenters. The lowest BCUT2D eigenvalue weighted by Crippen LogP contribution is -2.15. The first kappa shape index (κ1) is 10.4. The van der Waals surface area contributed by atoms with Crippen molar-refractivity contribution >= 4 is 5.69 Å². The number of nitrogen functional groups attached to an aromatic ring is 1. The number of benzene rings is 2. The van der Waals surface area contributed by atoms with Crippen LogP contribution in [0.25, 0.3) is 0 Å². The Bertz CT molecular complexity index is 520. The summed E-state index contributed by atoms with van der Waals surface area (Å²) in [5.74, 6) is 0. The molecule has 2 heteroatoms. The third-order valence-corrected chi connectivity index (χ3v) is 3.27. The maximum absolute atomic E-state index is 5.81. The van der Waals surface area contributed by atoms with Crippen LogP contribution >= 0.6 is 0 Å². The van der Waals surface area contributed by atoms with Crippen LogP contribution in [-0.2, 0) is 19.6 Å². The number of anilines is 1. The van der Waals surface area contributed by atoms with Gasteiger partial charge in [0.15, 0.2) is 0 Å². The molecule has 2 aromatic carbocycles. The van der Waals surface area contributed by atoms with Gasteiger partial charge < -0.3 is 5.73 Å². The molecule has 0 fully saturated rings. The highest BCUT2D eigenvalue weighted by atomic mass is 15.1. The Hall–Kier alpha value is -1.80. The molecule has 2 aromatic rings. The Morgan fingerprint density at radius 2 is 1.71 bits per heavy atom. The van der Waals surface area contributed by atoms with Gasteiger partial charge >= 0.3 is 0 Å². The van der Waals surface area contributed by atoms with Gasteiger partial charge in [-0.15, -0.1) is 0 Å². The summed E-state index contributed by atoms with van der Waals surface area (Å²) in [5, 5.41) is 0. The van der Waals surface area contributed by atoms with Crippen molar-refractivity contribution < 1.29 is 0 Å². The van der Waals surface area contributed by atoms with Crippen LogP contribution < -0.4 is 5.73 Å². The minimum atomic E-state index is 0.866. The van der Waals surface area contributed by atoms with Gasteiger partial charge in [0, 0.05) is 25.3 Å². The van der Waals surface area contributed by atoms with E-state index in [-0.39, 0.29) is 0 Å². The van der Waals surface area contributed by atoms with Crippen LogP contribution in [0.4, 0.5) is 5.69 Å². The quantitative estimate of drug-likeness (QED) is 0.795. The van der Waals surface area contributed by atoms with E-state index in [2.05, 4.69) is 47.4 Å². The normalized spacial score (nSPS) is 14.8. The van der Waals surface area contributed by atoms with E-state index in [0.29, 0.717) is 0 Å². The lowest BCUT2D eigenvalue weighted by atomic mass is 10.1. The van der Waals surface area contributed by atoms with Crippen LogP contribution in [0.2, 0.25) is 0 Å². The fraction of sp³-hybridized carbons (Fsp3) is 0.200. The number of hydrogen-bond acceptors (Lipinski definition) is 2. The third-order valence-electron chi connectivity index (χ3n) is 3.27. The first-order valence-corrected chi connectivity index (χ1v) is 5.95. The van der Waals surface area contributed by atoms with Crippen LogP contribution in [0, 0.1) is 0 Å². The van der Waals surface area contributed by atoms with E-state index in [1.807, 2.05) is 6.07 Å². The average Bonchev–Trinajstić information content (AvgIpc) is 2.71. The first-order chi connectivity index (χ1) is 8.31. The predicted molar refractivity (Wildman–Crippen MR) is 70.2 cm³/mol. The molecule has 0 atom stereocenters. The Kier molecular flexibility index (Phi) is 2.57. The van der Waals surface area contributed by atoms with E-state index in [1.54, 1.807) is 0 Å². The summed E-state index contributed by atoms with van der Waals surface area (Å²) >= 11 is 0. The number of nitrogens with zero attached hydrogens (tertiary/aromatic N) is 1. The van der Waals surface area contributed by atoms with Crippen LogP contribution in [-0.4, -0.2) is 4.90 Å². The Morgan fingerprint density at radius 1 is 0.941 bits per heavy atom. The van der Waals surface area contributed by atoms with Crippen LogP contribution in [0.1, 0.15) is 16.7 Å². The molecule has 2 N–H and O–H groups in total. The first-order valence-electron chi connectivity index (χ1n) is 5.95. The Labute approximate surface area is 102 Å². The number of rotatable bonds is 2. The predicted octanol–water partition coefficient (Wildman–Crippen LogP) is 2.78. The summed E-state index contributed by atoms with van der Waals surface area (Å²) in [6.45, 7) is 3.05. The van der Waals surface area contributed by atoms with E-state index in [4.69, 9.17) is 5.73 Å². The number of fused-ring (bicyclic) bond motifs is 1. The van der Waals surface area contributed by atoms with Crippen LogP contribution in [0.3, 0.4) is 0 Å². The molecule has 1 aliphatic rings. The van der Waals surface area contributed by atoms with Gasteiger partial charge in [0.05, 0.1) is 0 Å². The van der Waals surface area contributed by atoms with Crippen molar-refractivity contribution in [3.05, 3.63) is 65.2 Å². The van der Waals surface area contributed by atoms with Crippen LogP contribution in [0.15, 0.2) is 48.5 Å². The van der Waals surface area contributed by atoms with Gasteiger partial charge in [-0.25, -0.2) is 0 Å². The summed E-state index contributed by atoms with van der Waals surface area (Å²) in [5.41, 5.74) is 10.8. The minimum Gasteiger partial charge on any atom is -0.399 e. The molecule has 86 valence electrons. The number of nitrogens with two attached hydrogens (primary N) is 1. The van der Waals surface area contributed by atoms with Gasteiger partial charge in [0.2, 0.25) is 0 Å². The molecule has 1 aliphatic heterocycles. The van der Waals surface area contributed by atoms with E-state index in [9.17, 15) is 0 Å². The summed E-state index contributed by atoms with van der Waals surface area (Å²) in [7, 11) is 0. The molecule has 0 amide bonds. The molecule has 3 rings (SSSR count). The lowest BCUT2D eigenvalue weighted by molar-refractivity contribution is 0.275. The highest BCUT2D eigenvalue weighted by molar-refractivity contribution is 5.46. The van der Waals surface area contributed by atoms with Gasteiger partial charge in [-0.2, -0.15) is 0 Å². The highest BCUT2D eigenvalue weighted by Gasteiger charge is 2.18. The zero-order valence-corrected chi connectivity index (χ0v) is 9.76. The van der Waals surface area contributed by atoms with E-state index < -0.39 is 0 Å². The number of hydrogen-bond donors (Lipinski definition) is 1. The molecule has 0 aliphatic carbocycles. The fourth-order valence-electron chi connectivity index (χ4n) is 2.44. The molecule has 0 radical (unpaired) electrons. The Balaban J connectivity index is 1.74. The molecular formula is C15H16N2. The molecule has 17 heavy (non-hydrogen) atoms. The molecule has 0 aromatic heterocycles. The second-order valence-electron chi connectivity index (χ2n) is 4.66. The zero-order chi connectivity index (χ0) is 11.7.